The molecule has 25 heavy (non-hydrogen) atoms. The zero-order chi connectivity index (χ0) is 17.9. The maximum absolute atomic E-state index is 12.0. The van der Waals surface area contributed by atoms with Gasteiger partial charge >= 0.3 is 0 Å². The van der Waals surface area contributed by atoms with E-state index in [2.05, 4.69) is 12.1 Å². The maximum Gasteiger partial charge on any atom is 0.238 e. The van der Waals surface area contributed by atoms with Crippen molar-refractivity contribution in [1.29, 1.82) is 0 Å². The summed E-state index contributed by atoms with van der Waals surface area (Å²) in [5.74, 6) is 0.678. The molecule has 2 N–H and O–H groups in total. The van der Waals surface area contributed by atoms with Crippen LogP contribution in [0.2, 0.25) is 0 Å². The summed E-state index contributed by atoms with van der Waals surface area (Å²) in [6, 6.07) is 16.3. The highest BCUT2D eigenvalue weighted by Gasteiger charge is 2.24. The maximum atomic E-state index is 12.0. The number of sulfonamides is 1. The molecule has 5 nitrogen and oxygen atoms in total. The smallest absolute Gasteiger partial charge is 0.238 e. The van der Waals surface area contributed by atoms with Crippen LogP contribution in [0.1, 0.15) is 25.5 Å². The van der Waals surface area contributed by atoms with Crippen LogP contribution in [0.5, 0.6) is 0 Å². The number of rotatable bonds is 6. The molecule has 0 bridgehead atoms. The molecule has 0 aliphatic heterocycles. The predicted octanol–water partition coefficient (Wildman–Crippen LogP) is 4.00. The Morgan fingerprint density at radius 3 is 2.40 bits per heavy atom. The number of aryl methyl sites for hydroxylation is 1. The zero-order valence-corrected chi connectivity index (χ0v) is 14.8. The van der Waals surface area contributed by atoms with Gasteiger partial charge in [0.05, 0.1) is 10.5 Å². The molecule has 2 aromatic carbocycles. The summed E-state index contributed by atoms with van der Waals surface area (Å²) < 4.78 is 29.7. The lowest BCUT2D eigenvalue weighted by atomic mass is 9.97. The van der Waals surface area contributed by atoms with Crippen molar-refractivity contribution in [1.82, 2.24) is 5.16 Å². The van der Waals surface area contributed by atoms with Crippen molar-refractivity contribution in [3.63, 3.8) is 0 Å². The molecule has 3 rings (SSSR count). The zero-order valence-electron chi connectivity index (χ0n) is 14.0. The van der Waals surface area contributed by atoms with E-state index in [1.165, 1.54) is 6.07 Å². The van der Waals surface area contributed by atoms with E-state index in [-0.39, 0.29) is 4.90 Å². The number of hydrogen-bond acceptors (Lipinski definition) is 4. The van der Waals surface area contributed by atoms with Gasteiger partial charge in [0.25, 0.3) is 0 Å². The molecule has 0 aliphatic carbocycles. The number of primary sulfonamides is 1. The fraction of sp³-hybridized carbons (Fsp3) is 0.211. The molecule has 0 amide bonds. The summed E-state index contributed by atoms with van der Waals surface area (Å²) in [4.78, 5) is 0.0770. The lowest BCUT2D eigenvalue weighted by molar-refractivity contribution is 0.383. The summed E-state index contributed by atoms with van der Waals surface area (Å²) in [5, 5.41) is 9.65. The first-order valence-electron chi connectivity index (χ1n) is 8.18. The van der Waals surface area contributed by atoms with Crippen molar-refractivity contribution in [2.45, 2.75) is 31.1 Å². The van der Waals surface area contributed by atoms with Gasteiger partial charge in [0, 0.05) is 17.5 Å². The van der Waals surface area contributed by atoms with E-state index in [0.717, 1.165) is 18.4 Å². The van der Waals surface area contributed by atoms with Gasteiger partial charge in [-0.15, -0.1) is 0 Å². The van der Waals surface area contributed by atoms with Crippen LogP contribution in [-0.2, 0) is 16.4 Å². The van der Waals surface area contributed by atoms with Gasteiger partial charge in [0.15, 0.2) is 0 Å². The van der Waals surface area contributed by atoms with Crippen molar-refractivity contribution < 1.29 is 12.9 Å². The van der Waals surface area contributed by atoms with Gasteiger partial charge in [0.2, 0.25) is 10.0 Å². The van der Waals surface area contributed by atoms with Crippen LogP contribution in [0, 0.1) is 0 Å². The fourth-order valence-electron chi connectivity index (χ4n) is 2.82. The lowest BCUT2D eigenvalue weighted by Gasteiger charge is -2.09. The highest BCUT2D eigenvalue weighted by atomic mass is 32.2. The molecule has 3 aromatic rings. The van der Waals surface area contributed by atoms with Gasteiger partial charge in [-0.05, 0) is 12.5 Å². The minimum absolute atomic E-state index is 0.0770. The first-order valence-corrected chi connectivity index (χ1v) is 9.73. The van der Waals surface area contributed by atoms with Crippen LogP contribution in [0.3, 0.4) is 0 Å². The van der Waals surface area contributed by atoms with Crippen molar-refractivity contribution in [3.05, 3.63) is 60.4 Å². The third kappa shape index (κ3) is 3.65. The van der Waals surface area contributed by atoms with Crippen molar-refractivity contribution in [2.75, 3.05) is 0 Å². The molecule has 0 radical (unpaired) electrons. The van der Waals surface area contributed by atoms with Crippen LogP contribution >= 0.6 is 0 Å². The van der Waals surface area contributed by atoms with E-state index >= 15 is 0 Å². The van der Waals surface area contributed by atoms with E-state index in [1.807, 2.05) is 30.3 Å². The third-order valence-corrected chi connectivity index (χ3v) is 5.00. The fourth-order valence-corrected chi connectivity index (χ4v) is 3.57. The van der Waals surface area contributed by atoms with Crippen LogP contribution in [-0.4, -0.2) is 13.6 Å². The number of benzene rings is 2. The van der Waals surface area contributed by atoms with Crippen molar-refractivity contribution >= 4 is 10.0 Å². The number of unbranched alkanes of at least 4 members (excludes halogenated alkanes) is 1. The van der Waals surface area contributed by atoms with E-state index in [1.54, 1.807) is 18.2 Å². The predicted molar refractivity (Wildman–Crippen MR) is 97.4 cm³/mol. The molecular formula is C19H20N2O3S. The molecule has 0 aliphatic rings. The van der Waals surface area contributed by atoms with Crippen LogP contribution in [0.4, 0.5) is 0 Å². The first kappa shape index (κ1) is 17.4. The van der Waals surface area contributed by atoms with Gasteiger partial charge in [-0.3, -0.25) is 0 Å². The van der Waals surface area contributed by atoms with Crippen LogP contribution < -0.4 is 5.14 Å². The van der Waals surface area contributed by atoms with Gasteiger partial charge in [0.1, 0.15) is 11.5 Å². The molecule has 1 aromatic heterocycles. The Bertz CT molecular complexity index is 963. The lowest BCUT2D eigenvalue weighted by Crippen LogP contribution is -2.13. The number of hydrogen-bond donors (Lipinski definition) is 1. The molecule has 130 valence electrons. The first-order chi connectivity index (χ1) is 12.0. The second-order valence-corrected chi connectivity index (χ2v) is 7.37. The highest BCUT2D eigenvalue weighted by molar-refractivity contribution is 7.89. The number of nitrogens with zero attached hydrogens (tertiary/aromatic N) is 1. The van der Waals surface area contributed by atoms with E-state index in [0.29, 0.717) is 29.0 Å². The average Bonchev–Trinajstić information content (AvgIpc) is 3.03. The molecule has 0 unspecified atom stereocenters. The summed E-state index contributed by atoms with van der Waals surface area (Å²) in [6.07, 6.45) is 2.61. The second kappa shape index (κ2) is 7.21. The minimum Gasteiger partial charge on any atom is -0.360 e. The third-order valence-electron chi connectivity index (χ3n) is 4.03. The molecule has 0 fully saturated rings. The molecule has 0 saturated heterocycles. The van der Waals surface area contributed by atoms with E-state index in [9.17, 15) is 8.42 Å². The largest absolute Gasteiger partial charge is 0.360 e. The average molecular weight is 356 g/mol. The standard InChI is InChI=1S/C19H20N2O3S/c1-2-3-12-16-18(15-11-7-8-13-17(15)25(20,22)23)19(21-24-16)14-9-5-4-6-10-14/h4-11,13H,2-3,12H2,1H3,(H2,20,22,23). The Labute approximate surface area is 147 Å². The van der Waals surface area contributed by atoms with Gasteiger partial charge in [-0.2, -0.15) is 0 Å². The Balaban J connectivity index is 2.26. The topological polar surface area (TPSA) is 86.2 Å². The van der Waals surface area contributed by atoms with Gasteiger partial charge in [-0.25, -0.2) is 13.6 Å². The molecular weight excluding hydrogens is 336 g/mol. The van der Waals surface area contributed by atoms with E-state index < -0.39 is 10.0 Å². The summed E-state index contributed by atoms with van der Waals surface area (Å²) in [6.45, 7) is 2.09. The Kier molecular flexibility index (Phi) is 5.01. The molecule has 0 atom stereocenters. The highest BCUT2D eigenvalue weighted by Crippen LogP contribution is 2.38. The normalized spacial score (nSPS) is 11.6. The van der Waals surface area contributed by atoms with Gasteiger partial charge < -0.3 is 4.52 Å². The second-order valence-electron chi connectivity index (χ2n) is 5.84. The summed E-state index contributed by atoms with van der Waals surface area (Å²) >= 11 is 0. The SMILES string of the molecule is CCCCc1onc(-c2ccccc2)c1-c1ccccc1S(N)(=O)=O. The summed E-state index contributed by atoms with van der Waals surface area (Å²) in [7, 11) is -3.87. The molecule has 0 spiro atoms. The number of nitrogens with two attached hydrogens (primary N) is 1. The van der Waals surface area contributed by atoms with Crippen molar-refractivity contribution in [2.24, 2.45) is 5.14 Å². The monoisotopic (exact) mass is 356 g/mol. The quantitative estimate of drug-likeness (QED) is 0.723. The summed E-state index contributed by atoms with van der Waals surface area (Å²) in [5.41, 5.74) is 2.72. The Morgan fingerprint density at radius 2 is 1.72 bits per heavy atom. The number of aromatic nitrogens is 1. The molecule has 1 heterocycles. The van der Waals surface area contributed by atoms with Gasteiger partial charge in [-0.1, -0.05) is 67.0 Å². The van der Waals surface area contributed by atoms with Crippen molar-refractivity contribution in [3.8, 4) is 22.4 Å². The molecule has 6 heteroatoms. The minimum atomic E-state index is -3.87. The van der Waals surface area contributed by atoms with E-state index in [4.69, 9.17) is 9.66 Å². The molecule has 0 saturated carbocycles. The Hall–Kier alpha value is -2.44. The van der Waals surface area contributed by atoms with Crippen LogP contribution in [0.25, 0.3) is 22.4 Å². The Morgan fingerprint density at radius 1 is 1.04 bits per heavy atom. The van der Waals surface area contributed by atoms with Crippen LogP contribution in [0.15, 0.2) is 64.0 Å².